The van der Waals surface area contributed by atoms with Crippen LogP contribution in [-0.4, -0.2) is 4.57 Å². The second-order valence-corrected chi connectivity index (χ2v) is 12.1. The van der Waals surface area contributed by atoms with E-state index < -0.39 is 0 Å². The average Bonchev–Trinajstić information content (AvgIpc) is 3.38. The third-order valence-corrected chi connectivity index (χ3v) is 10.3. The lowest BCUT2D eigenvalue weighted by Crippen LogP contribution is -2.42. The van der Waals surface area contributed by atoms with Crippen molar-refractivity contribution in [1.29, 1.82) is 0 Å². The predicted molar refractivity (Wildman–Crippen MR) is 125 cm³/mol. The summed E-state index contributed by atoms with van der Waals surface area (Å²) in [5, 5.41) is 0. The Kier molecular flexibility index (Phi) is 4.23. The van der Waals surface area contributed by atoms with Crippen molar-refractivity contribution in [3.63, 3.8) is 0 Å². The van der Waals surface area contributed by atoms with Crippen LogP contribution < -0.4 is 4.57 Å². The van der Waals surface area contributed by atoms with Gasteiger partial charge in [0.25, 0.3) is 0 Å². The highest BCUT2D eigenvalue weighted by Crippen LogP contribution is 2.62. The Hall–Kier alpha value is -1.57. The SMILES string of the molecule is CCCCC1CC2CC1c1c2n(-c2ccc3c(c2)C(C)(C)C(C)(C)C3(C)C)c[n+]1C. The molecule has 30 heavy (non-hydrogen) atoms. The fraction of sp³-hybridized carbons (Fsp3) is 0.679. The Morgan fingerprint density at radius 1 is 1.00 bits per heavy atom. The van der Waals surface area contributed by atoms with Gasteiger partial charge in [0.1, 0.15) is 11.4 Å². The highest BCUT2D eigenvalue weighted by atomic mass is 15.2. The summed E-state index contributed by atoms with van der Waals surface area (Å²) < 4.78 is 5.00. The largest absolute Gasteiger partial charge is 0.249 e. The number of fused-ring (bicyclic) bond motifs is 6. The highest BCUT2D eigenvalue weighted by molar-refractivity contribution is 5.54. The van der Waals surface area contributed by atoms with E-state index in [1.807, 2.05) is 0 Å². The molecular weight excluding hydrogens is 364 g/mol. The van der Waals surface area contributed by atoms with E-state index in [4.69, 9.17) is 0 Å². The Morgan fingerprint density at radius 3 is 2.40 bits per heavy atom. The molecular formula is C28H41N2+. The van der Waals surface area contributed by atoms with Crippen molar-refractivity contribution in [2.45, 2.75) is 103 Å². The second kappa shape index (κ2) is 6.24. The van der Waals surface area contributed by atoms with Gasteiger partial charge in [-0.3, -0.25) is 0 Å². The molecule has 2 nitrogen and oxygen atoms in total. The van der Waals surface area contributed by atoms with Crippen LogP contribution in [0.5, 0.6) is 0 Å². The second-order valence-electron chi connectivity index (χ2n) is 12.1. The van der Waals surface area contributed by atoms with Gasteiger partial charge in [0.05, 0.1) is 7.05 Å². The predicted octanol–water partition coefficient (Wildman–Crippen LogP) is 6.68. The first-order chi connectivity index (χ1) is 14.0. The summed E-state index contributed by atoms with van der Waals surface area (Å²) >= 11 is 0. The summed E-state index contributed by atoms with van der Waals surface area (Å²) in [6.45, 7) is 17.0. The molecule has 1 saturated carbocycles. The van der Waals surface area contributed by atoms with Crippen LogP contribution in [0.1, 0.15) is 115 Å². The van der Waals surface area contributed by atoms with E-state index in [1.54, 1.807) is 17.0 Å². The maximum Gasteiger partial charge on any atom is 0.249 e. The van der Waals surface area contributed by atoms with E-state index in [0.29, 0.717) is 0 Å². The summed E-state index contributed by atoms with van der Waals surface area (Å²) in [5.41, 5.74) is 8.25. The van der Waals surface area contributed by atoms with Gasteiger partial charge in [-0.1, -0.05) is 67.4 Å². The van der Waals surface area contributed by atoms with Crippen molar-refractivity contribution in [1.82, 2.24) is 4.57 Å². The topological polar surface area (TPSA) is 8.81 Å². The molecule has 2 heteroatoms. The Morgan fingerprint density at radius 2 is 1.70 bits per heavy atom. The minimum atomic E-state index is 0.157. The number of hydrogen-bond acceptors (Lipinski definition) is 0. The van der Waals surface area contributed by atoms with Crippen LogP contribution >= 0.6 is 0 Å². The number of aromatic nitrogens is 2. The summed E-state index contributed by atoms with van der Waals surface area (Å²) in [7, 11) is 2.27. The molecule has 2 bridgehead atoms. The zero-order valence-electron chi connectivity index (χ0n) is 20.5. The van der Waals surface area contributed by atoms with Gasteiger partial charge in [0.15, 0.2) is 5.69 Å². The van der Waals surface area contributed by atoms with Gasteiger partial charge in [-0.05, 0) is 64.7 Å². The normalized spacial score (nSPS) is 29.3. The number of imidazole rings is 1. The van der Waals surface area contributed by atoms with Gasteiger partial charge < -0.3 is 0 Å². The van der Waals surface area contributed by atoms with Gasteiger partial charge in [-0.25, -0.2) is 4.57 Å². The maximum atomic E-state index is 2.55. The van der Waals surface area contributed by atoms with E-state index >= 15 is 0 Å². The number of aryl methyl sites for hydroxylation is 1. The molecule has 162 valence electrons. The van der Waals surface area contributed by atoms with E-state index in [0.717, 1.165) is 17.8 Å². The quantitative estimate of drug-likeness (QED) is 0.502. The van der Waals surface area contributed by atoms with E-state index in [2.05, 4.69) is 89.2 Å². The van der Waals surface area contributed by atoms with Gasteiger partial charge in [-0.2, -0.15) is 4.57 Å². The first-order valence-corrected chi connectivity index (χ1v) is 12.3. The third kappa shape index (κ3) is 2.34. The highest BCUT2D eigenvalue weighted by Gasteiger charge is 2.57. The zero-order valence-corrected chi connectivity index (χ0v) is 20.5. The van der Waals surface area contributed by atoms with Crippen LogP contribution in [0.25, 0.3) is 5.69 Å². The zero-order chi connectivity index (χ0) is 21.6. The molecule has 5 rings (SSSR count). The monoisotopic (exact) mass is 405 g/mol. The lowest BCUT2D eigenvalue weighted by Gasteiger charge is -2.44. The molecule has 3 unspecified atom stereocenters. The lowest BCUT2D eigenvalue weighted by molar-refractivity contribution is -0.679. The minimum Gasteiger partial charge on any atom is -0.236 e. The van der Waals surface area contributed by atoms with Crippen molar-refractivity contribution in [2.24, 2.45) is 18.4 Å². The summed E-state index contributed by atoms with van der Waals surface area (Å²) in [5.74, 6) is 2.44. The van der Waals surface area contributed by atoms with Crippen LogP contribution in [0.2, 0.25) is 0 Å². The van der Waals surface area contributed by atoms with Crippen molar-refractivity contribution >= 4 is 0 Å². The number of benzene rings is 1. The number of rotatable bonds is 4. The molecule has 0 amide bonds. The molecule has 0 saturated heterocycles. The number of unbranched alkanes of at least 4 members (excludes halogenated alkanes) is 1. The molecule has 3 atom stereocenters. The van der Waals surface area contributed by atoms with Crippen LogP contribution in [-0.2, 0) is 17.9 Å². The summed E-state index contributed by atoms with van der Waals surface area (Å²) in [4.78, 5) is 0. The molecule has 3 aliphatic rings. The van der Waals surface area contributed by atoms with Crippen LogP contribution in [0.3, 0.4) is 0 Å². The van der Waals surface area contributed by atoms with Crippen LogP contribution in [0.4, 0.5) is 0 Å². The molecule has 2 aromatic rings. The van der Waals surface area contributed by atoms with Gasteiger partial charge in [0, 0.05) is 11.8 Å². The molecule has 1 aromatic heterocycles. The van der Waals surface area contributed by atoms with Gasteiger partial charge >= 0.3 is 0 Å². The summed E-state index contributed by atoms with van der Waals surface area (Å²) in [6.07, 6.45) is 9.28. The van der Waals surface area contributed by atoms with E-state index in [9.17, 15) is 0 Å². The van der Waals surface area contributed by atoms with Crippen LogP contribution in [0.15, 0.2) is 24.5 Å². The smallest absolute Gasteiger partial charge is 0.236 e. The Labute approximate surface area is 183 Å². The molecule has 0 radical (unpaired) electrons. The Balaban J connectivity index is 1.59. The molecule has 1 aromatic carbocycles. The van der Waals surface area contributed by atoms with E-state index in [1.165, 1.54) is 43.4 Å². The molecule has 1 fully saturated rings. The molecule has 3 aliphatic carbocycles. The van der Waals surface area contributed by atoms with Crippen molar-refractivity contribution in [3.05, 3.63) is 47.0 Å². The average molecular weight is 406 g/mol. The molecule has 0 aliphatic heterocycles. The van der Waals surface area contributed by atoms with Gasteiger partial charge in [0.2, 0.25) is 6.33 Å². The van der Waals surface area contributed by atoms with Crippen LogP contribution in [0, 0.1) is 11.3 Å². The van der Waals surface area contributed by atoms with Gasteiger partial charge in [-0.15, -0.1) is 0 Å². The van der Waals surface area contributed by atoms with Crippen molar-refractivity contribution in [2.75, 3.05) is 0 Å². The number of nitrogens with zero attached hydrogens (tertiary/aromatic N) is 2. The molecule has 0 spiro atoms. The molecule has 1 heterocycles. The first kappa shape index (κ1) is 20.3. The Bertz CT molecular complexity index is 1000. The van der Waals surface area contributed by atoms with Crippen molar-refractivity contribution < 1.29 is 4.57 Å². The lowest BCUT2D eigenvalue weighted by atomic mass is 9.59. The fourth-order valence-electron chi connectivity index (χ4n) is 7.33. The van der Waals surface area contributed by atoms with E-state index in [-0.39, 0.29) is 16.2 Å². The minimum absolute atomic E-state index is 0.157. The number of hydrogen-bond donors (Lipinski definition) is 0. The fourth-order valence-corrected chi connectivity index (χ4v) is 7.33. The standard InChI is InChI=1S/C28H41N2/c1-9-10-11-18-14-19-15-21(18)25-24(19)30(17-29(25)8)20-12-13-22-23(16-20)27(4,5)28(6,7)26(22,2)3/h12-13,16-19,21H,9-11,14-15H2,1-8H3/q+1. The van der Waals surface area contributed by atoms with Crippen molar-refractivity contribution in [3.8, 4) is 5.69 Å². The first-order valence-electron chi connectivity index (χ1n) is 12.3. The third-order valence-electron chi connectivity index (χ3n) is 10.3. The summed E-state index contributed by atoms with van der Waals surface area (Å²) in [6, 6.07) is 7.34. The maximum absolute atomic E-state index is 2.55. The molecule has 0 N–H and O–H groups in total.